The fourth-order valence-corrected chi connectivity index (χ4v) is 4.69. The Hall–Kier alpha value is -2.49. The number of nitrogens with two attached hydrogens (primary N) is 1. The third-order valence-corrected chi connectivity index (χ3v) is 6.37. The van der Waals surface area contributed by atoms with Gasteiger partial charge < -0.3 is 10.5 Å². The van der Waals surface area contributed by atoms with Crippen molar-refractivity contribution in [2.45, 2.75) is 16.9 Å². The molecule has 1 saturated heterocycles. The first-order chi connectivity index (χ1) is 12.3. The number of sulfonamides is 1. The predicted octanol–water partition coefficient (Wildman–Crippen LogP) is 1.72. The van der Waals surface area contributed by atoms with E-state index >= 15 is 0 Å². The summed E-state index contributed by atoms with van der Waals surface area (Å²) >= 11 is 0. The van der Waals surface area contributed by atoms with Gasteiger partial charge in [-0.05, 0) is 17.7 Å². The van der Waals surface area contributed by atoms with Crippen LogP contribution in [-0.2, 0) is 10.0 Å². The molecule has 26 heavy (non-hydrogen) atoms. The lowest BCUT2D eigenvalue weighted by atomic mass is 9.95. The minimum absolute atomic E-state index is 0.00855. The van der Waals surface area contributed by atoms with Crippen molar-refractivity contribution in [1.82, 2.24) is 4.31 Å². The zero-order chi connectivity index (χ0) is 18.9. The smallest absolute Gasteiger partial charge is 0.312 e. The van der Waals surface area contributed by atoms with Gasteiger partial charge in [-0.2, -0.15) is 4.31 Å². The van der Waals surface area contributed by atoms with Gasteiger partial charge in [0.15, 0.2) is 5.75 Å². The molecule has 9 heteroatoms. The molecule has 0 aliphatic carbocycles. The van der Waals surface area contributed by atoms with E-state index in [1.807, 2.05) is 30.3 Å². The van der Waals surface area contributed by atoms with Crippen molar-refractivity contribution in [3.8, 4) is 5.75 Å². The number of nitro benzene ring substituents is 1. The van der Waals surface area contributed by atoms with E-state index in [4.69, 9.17) is 10.5 Å². The Morgan fingerprint density at radius 2 is 1.88 bits per heavy atom. The molecular weight excluding hydrogens is 358 g/mol. The maximum atomic E-state index is 12.9. The van der Waals surface area contributed by atoms with Crippen LogP contribution in [0, 0.1) is 10.1 Å². The van der Waals surface area contributed by atoms with Gasteiger partial charge in [-0.1, -0.05) is 30.3 Å². The van der Waals surface area contributed by atoms with Crippen LogP contribution in [0.1, 0.15) is 11.5 Å². The highest BCUT2D eigenvalue weighted by molar-refractivity contribution is 7.89. The number of rotatable bonds is 5. The van der Waals surface area contributed by atoms with Gasteiger partial charge >= 0.3 is 5.69 Å². The first-order valence-electron chi connectivity index (χ1n) is 7.97. The molecule has 0 radical (unpaired) electrons. The summed E-state index contributed by atoms with van der Waals surface area (Å²) < 4.78 is 32.1. The number of ether oxygens (including phenoxy) is 1. The molecule has 1 heterocycles. The molecule has 1 aliphatic heterocycles. The summed E-state index contributed by atoms with van der Waals surface area (Å²) in [5, 5.41) is 11.2. The average Bonchev–Trinajstić information content (AvgIpc) is 3.04. The van der Waals surface area contributed by atoms with Crippen molar-refractivity contribution in [2.24, 2.45) is 5.73 Å². The Morgan fingerprint density at radius 1 is 1.19 bits per heavy atom. The number of methoxy groups -OCH3 is 1. The largest absolute Gasteiger partial charge is 0.490 e. The fourth-order valence-electron chi connectivity index (χ4n) is 3.16. The zero-order valence-electron chi connectivity index (χ0n) is 14.1. The Bertz CT molecular complexity index is 917. The Kier molecular flexibility index (Phi) is 4.94. The summed E-state index contributed by atoms with van der Waals surface area (Å²) in [4.78, 5) is 10.4. The molecule has 138 valence electrons. The van der Waals surface area contributed by atoms with E-state index in [1.165, 1.54) is 23.5 Å². The molecule has 0 unspecified atom stereocenters. The minimum atomic E-state index is -3.90. The number of hydrogen-bond donors (Lipinski definition) is 1. The molecule has 2 aromatic rings. The lowest BCUT2D eigenvalue weighted by Crippen LogP contribution is -2.32. The van der Waals surface area contributed by atoms with Crippen LogP contribution in [0.25, 0.3) is 0 Å². The molecule has 0 spiro atoms. The topological polar surface area (TPSA) is 116 Å². The molecule has 2 N–H and O–H groups in total. The molecule has 0 aromatic heterocycles. The van der Waals surface area contributed by atoms with Crippen LogP contribution in [0.3, 0.4) is 0 Å². The van der Waals surface area contributed by atoms with Gasteiger partial charge in [0.25, 0.3) is 0 Å². The first kappa shape index (κ1) is 18.3. The second-order valence-corrected chi connectivity index (χ2v) is 8.03. The van der Waals surface area contributed by atoms with Gasteiger partial charge in [-0.25, -0.2) is 8.42 Å². The molecule has 1 aliphatic rings. The molecule has 2 aromatic carbocycles. The minimum Gasteiger partial charge on any atom is -0.490 e. The van der Waals surface area contributed by atoms with Crippen molar-refractivity contribution < 1.29 is 18.1 Å². The lowest BCUT2D eigenvalue weighted by Gasteiger charge is -2.17. The van der Waals surface area contributed by atoms with Crippen molar-refractivity contribution in [3.05, 3.63) is 64.2 Å². The van der Waals surface area contributed by atoms with Crippen molar-refractivity contribution >= 4 is 15.7 Å². The van der Waals surface area contributed by atoms with Gasteiger partial charge in [0.05, 0.1) is 16.9 Å². The van der Waals surface area contributed by atoms with E-state index in [0.29, 0.717) is 0 Å². The monoisotopic (exact) mass is 377 g/mol. The number of nitrogens with zero attached hydrogens (tertiary/aromatic N) is 2. The highest BCUT2D eigenvalue weighted by Gasteiger charge is 2.39. The van der Waals surface area contributed by atoms with Crippen molar-refractivity contribution in [1.29, 1.82) is 0 Å². The van der Waals surface area contributed by atoms with Crippen LogP contribution in [-0.4, -0.2) is 43.9 Å². The van der Waals surface area contributed by atoms with E-state index in [1.54, 1.807) is 0 Å². The molecule has 3 rings (SSSR count). The second-order valence-electron chi connectivity index (χ2n) is 6.09. The summed E-state index contributed by atoms with van der Waals surface area (Å²) in [7, 11) is -2.61. The van der Waals surface area contributed by atoms with Gasteiger partial charge in [0.1, 0.15) is 0 Å². The predicted molar refractivity (Wildman–Crippen MR) is 95.6 cm³/mol. The molecule has 2 atom stereocenters. The van der Waals surface area contributed by atoms with Crippen molar-refractivity contribution in [2.75, 3.05) is 20.2 Å². The third-order valence-electron chi connectivity index (χ3n) is 4.54. The lowest BCUT2D eigenvalue weighted by molar-refractivity contribution is -0.386. The van der Waals surface area contributed by atoms with Crippen LogP contribution in [0.15, 0.2) is 53.4 Å². The van der Waals surface area contributed by atoms with Gasteiger partial charge in [0, 0.05) is 31.1 Å². The Labute approximate surface area is 151 Å². The van der Waals surface area contributed by atoms with E-state index < -0.39 is 20.6 Å². The van der Waals surface area contributed by atoms with Crippen LogP contribution in [0.4, 0.5) is 5.69 Å². The first-order valence-corrected chi connectivity index (χ1v) is 9.41. The van der Waals surface area contributed by atoms with E-state index in [0.717, 1.165) is 11.6 Å². The van der Waals surface area contributed by atoms with Crippen molar-refractivity contribution in [3.63, 3.8) is 0 Å². The molecule has 1 fully saturated rings. The van der Waals surface area contributed by atoms with Gasteiger partial charge in [-0.3, -0.25) is 10.1 Å². The highest BCUT2D eigenvalue weighted by atomic mass is 32.2. The molecule has 0 amide bonds. The van der Waals surface area contributed by atoms with Crippen LogP contribution >= 0.6 is 0 Å². The van der Waals surface area contributed by atoms with E-state index in [2.05, 4.69) is 0 Å². The van der Waals surface area contributed by atoms with E-state index in [-0.39, 0.29) is 35.7 Å². The zero-order valence-corrected chi connectivity index (χ0v) is 14.9. The Balaban J connectivity index is 1.92. The summed E-state index contributed by atoms with van der Waals surface area (Å²) in [6, 6.07) is 12.7. The highest BCUT2D eigenvalue weighted by Crippen LogP contribution is 2.34. The number of nitro groups is 1. The molecular formula is C17H19N3O5S. The third kappa shape index (κ3) is 3.28. The normalized spacial score (nSPS) is 20.8. The van der Waals surface area contributed by atoms with E-state index in [9.17, 15) is 18.5 Å². The molecule has 0 saturated carbocycles. The number of hydrogen-bond acceptors (Lipinski definition) is 6. The summed E-state index contributed by atoms with van der Waals surface area (Å²) in [5.74, 6) is -0.117. The summed E-state index contributed by atoms with van der Waals surface area (Å²) in [6.45, 7) is 0.384. The molecule has 0 bridgehead atoms. The molecule has 8 nitrogen and oxygen atoms in total. The number of benzene rings is 2. The Morgan fingerprint density at radius 3 is 2.50 bits per heavy atom. The second kappa shape index (κ2) is 7.02. The van der Waals surface area contributed by atoms with Crippen LogP contribution < -0.4 is 10.5 Å². The van der Waals surface area contributed by atoms with Crippen LogP contribution in [0.5, 0.6) is 5.75 Å². The van der Waals surface area contributed by atoms with Gasteiger partial charge in [0.2, 0.25) is 10.0 Å². The maximum Gasteiger partial charge on any atom is 0.312 e. The summed E-state index contributed by atoms with van der Waals surface area (Å²) in [6.07, 6.45) is 0. The average molecular weight is 377 g/mol. The quantitative estimate of drug-likeness (QED) is 0.626. The standard InChI is InChI=1S/C17H19N3O5S/c1-25-17-8-7-13(9-16(17)20(21)22)26(23,24)19-10-14(15(18)11-19)12-5-3-2-4-6-12/h2-9,14-15H,10-11,18H2,1H3/t14-,15+/m0/s1. The maximum absolute atomic E-state index is 12.9. The SMILES string of the molecule is COc1ccc(S(=O)(=O)N2C[C@@H](N)[C@H](c3ccccc3)C2)cc1[N+](=O)[O-]. The fraction of sp³-hybridized carbons (Fsp3) is 0.294. The summed E-state index contributed by atoms with van der Waals surface area (Å²) in [5.41, 5.74) is 6.74. The van der Waals surface area contributed by atoms with Gasteiger partial charge in [-0.15, -0.1) is 0 Å². The van der Waals surface area contributed by atoms with Crippen LogP contribution in [0.2, 0.25) is 0 Å².